The summed E-state index contributed by atoms with van der Waals surface area (Å²) in [5, 5.41) is 0. The number of halogens is 1. The highest BCUT2D eigenvalue weighted by Gasteiger charge is 2.45. The Morgan fingerprint density at radius 1 is 1.15 bits per heavy atom. The second-order valence-electron chi connectivity index (χ2n) is 7.94. The highest BCUT2D eigenvalue weighted by Crippen LogP contribution is 2.42. The van der Waals surface area contributed by atoms with Crippen LogP contribution in [-0.4, -0.2) is 34.0 Å². The summed E-state index contributed by atoms with van der Waals surface area (Å²) in [7, 11) is -1.93. The molecular formula is C20H32ClNO3Si. The van der Waals surface area contributed by atoms with Crippen molar-refractivity contribution >= 4 is 31.5 Å². The number of carbonyl (C=O) groups is 1. The highest BCUT2D eigenvalue weighted by atomic mass is 35.5. The summed E-state index contributed by atoms with van der Waals surface area (Å²) in [4.78, 5) is 14.2. The molecule has 0 unspecified atom stereocenters. The number of amides is 1. The van der Waals surface area contributed by atoms with Gasteiger partial charge in [0.25, 0.3) is 5.91 Å². The molecule has 0 radical (unpaired) electrons. The van der Waals surface area contributed by atoms with Crippen molar-refractivity contribution in [2.45, 2.75) is 64.0 Å². The Morgan fingerprint density at radius 2 is 1.77 bits per heavy atom. The van der Waals surface area contributed by atoms with Crippen molar-refractivity contribution in [2.75, 3.05) is 24.7 Å². The Labute approximate surface area is 163 Å². The molecule has 2 rings (SSSR count). The summed E-state index contributed by atoms with van der Waals surface area (Å²) in [6, 6.07) is 5.77. The van der Waals surface area contributed by atoms with E-state index in [0.717, 1.165) is 17.0 Å². The number of alkyl halides is 1. The topological polar surface area (TPSA) is 38.8 Å². The van der Waals surface area contributed by atoms with Gasteiger partial charge in [0.1, 0.15) is 5.75 Å². The number of fused-ring (bicyclic) bond motifs is 1. The van der Waals surface area contributed by atoms with Crippen LogP contribution in [0.25, 0.3) is 0 Å². The second kappa shape index (κ2) is 8.76. The molecule has 1 aliphatic heterocycles. The molecule has 0 aromatic heterocycles. The van der Waals surface area contributed by atoms with Crippen LogP contribution < -0.4 is 9.64 Å². The Balaban J connectivity index is 2.17. The fourth-order valence-corrected chi connectivity index (χ4v) is 10.0. The van der Waals surface area contributed by atoms with Crippen molar-refractivity contribution in [3.63, 3.8) is 0 Å². The maximum atomic E-state index is 12.4. The van der Waals surface area contributed by atoms with E-state index in [4.69, 9.17) is 20.8 Å². The number of anilines is 1. The van der Waals surface area contributed by atoms with E-state index in [1.54, 1.807) is 4.90 Å². The predicted molar refractivity (Wildman–Crippen MR) is 111 cm³/mol. The largest absolute Gasteiger partial charge is 0.482 e. The number of benzene rings is 1. The van der Waals surface area contributed by atoms with Gasteiger partial charge in [-0.25, -0.2) is 0 Å². The summed E-state index contributed by atoms with van der Waals surface area (Å²) >= 11 is 5.96. The molecule has 1 aromatic rings. The summed E-state index contributed by atoms with van der Waals surface area (Å²) in [6.07, 6.45) is 0. The van der Waals surface area contributed by atoms with Crippen LogP contribution in [0.5, 0.6) is 5.75 Å². The smallest absolute Gasteiger partial charge is 0.265 e. The van der Waals surface area contributed by atoms with E-state index in [2.05, 4.69) is 41.5 Å². The van der Waals surface area contributed by atoms with E-state index >= 15 is 0 Å². The molecule has 0 saturated carbocycles. The molecule has 0 fully saturated rings. The maximum Gasteiger partial charge on any atom is 0.265 e. The summed E-state index contributed by atoms with van der Waals surface area (Å²) < 4.78 is 12.2. The van der Waals surface area contributed by atoms with E-state index in [1.807, 2.05) is 18.2 Å². The Kier molecular flexibility index (Phi) is 7.17. The summed E-state index contributed by atoms with van der Waals surface area (Å²) in [6.45, 7) is 14.8. The fourth-order valence-electron chi connectivity index (χ4n) is 4.39. The molecule has 0 atom stereocenters. The molecule has 0 bridgehead atoms. The molecule has 1 aromatic carbocycles. The monoisotopic (exact) mass is 397 g/mol. The zero-order valence-electron chi connectivity index (χ0n) is 16.8. The van der Waals surface area contributed by atoms with Crippen LogP contribution in [0.2, 0.25) is 16.6 Å². The molecule has 26 heavy (non-hydrogen) atoms. The molecule has 4 nitrogen and oxygen atoms in total. The molecule has 0 N–H and O–H groups in total. The quantitative estimate of drug-likeness (QED) is 0.438. The van der Waals surface area contributed by atoms with Crippen LogP contribution in [0, 0.1) is 0 Å². The van der Waals surface area contributed by atoms with Crippen LogP contribution in [0.15, 0.2) is 18.2 Å². The zero-order chi connectivity index (χ0) is 19.5. The van der Waals surface area contributed by atoms with Gasteiger partial charge in [0.05, 0.1) is 12.3 Å². The minimum Gasteiger partial charge on any atom is -0.482 e. The van der Waals surface area contributed by atoms with E-state index in [1.165, 1.54) is 0 Å². The van der Waals surface area contributed by atoms with Gasteiger partial charge >= 0.3 is 0 Å². The van der Waals surface area contributed by atoms with Crippen LogP contribution in [0.4, 0.5) is 5.69 Å². The Morgan fingerprint density at radius 3 is 2.31 bits per heavy atom. The van der Waals surface area contributed by atoms with Crippen molar-refractivity contribution in [1.82, 2.24) is 0 Å². The predicted octanol–water partition coefficient (Wildman–Crippen LogP) is 5.34. The zero-order valence-corrected chi connectivity index (χ0v) is 18.6. The Hall–Kier alpha value is -1.04. The average Bonchev–Trinajstić information content (AvgIpc) is 2.58. The van der Waals surface area contributed by atoms with Crippen molar-refractivity contribution in [2.24, 2.45) is 0 Å². The summed E-state index contributed by atoms with van der Waals surface area (Å²) in [5.74, 6) is 1.12. The number of hydrogen-bond acceptors (Lipinski definition) is 3. The van der Waals surface area contributed by atoms with E-state index in [9.17, 15) is 4.79 Å². The van der Waals surface area contributed by atoms with Crippen molar-refractivity contribution in [1.29, 1.82) is 0 Å². The minimum atomic E-state index is -1.93. The minimum absolute atomic E-state index is 0.0290. The van der Waals surface area contributed by atoms with Gasteiger partial charge in [0, 0.05) is 12.4 Å². The lowest BCUT2D eigenvalue weighted by atomic mass is 10.1. The van der Waals surface area contributed by atoms with Gasteiger partial charge in [0.15, 0.2) is 14.9 Å². The normalized spacial score (nSPS) is 15.0. The number of nitrogens with zero attached hydrogens (tertiary/aromatic N) is 1. The molecular weight excluding hydrogens is 366 g/mol. The molecule has 1 amide bonds. The van der Waals surface area contributed by atoms with E-state index in [0.29, 0.717) is 35.7 Å². The lowest BCUT2D eigenvalue weighted by Crippen LogP contribution is -2.50. The molecule has 1 aliphatic rings. The van der Waals surface area contributed by atoms with Crippen LogP contribution >= 0.6 is 11.6 Å². The Bertz CT molecular complexity index is 612. The first-order valence-electron chi connectivity index (χ1n) is 9.50. The van der Waals surface area contributed by atoms with Gasteiger partial charge in [0.2, 0.25) is 0 Å². The average molecular weight is 398 g/mol. The van der Waals surface area contributed by atoms with Crippen molar-refractivity contribution in [3.05, 3.63) is 23.8 Å². The van der Waals surface area contributed by atoms with Gasteiger partial charge in [-0.3, -0.25) is 4.79 Å². The lowest BCUT2D eigenvalue weighted by molar-refractivity contribution is -0.121. The third kappa shape index (κ3) is 4.10. The third-order valence-electron chi connectivity index (χ3n) is 5.49. The third-order valence-corrected chi connectivity index (χ3v) is 11.9. The van der Waals surface area contributed by atoms with E-state index in [-0.39, 0.29) is 12.5 Å². The summed E-state index contributed by atoms with van der Waals surface area (Å²) in [5.41, 5.74) is 3.35. The SMILES string of the molecule is CC(C)[Si](OCCN1C(=O)COc2ccc(CCl)cc21)(C(C)C)C(C)C. The van der Waals surface area contributed by atoms with Crippen LogP contribution in [0.3, 0.4) is 0 Å². The van der Waals surface area contributed by atoms with Crippen LogP contribution in [0.1, 0.15) is 47.1 Å². The van der Waals surface area contributed by atoms with Gasteiger partial charge in [-0.05, 0) is 34.3 Å². The molecule has 146 valence electrons. The van der Waals surface area contributed by atoms with Gasteiger partial charge in [-0.15, -0.1) is 11.6 Å². The number of hydrogen-bond donors (Lipinski definition) is 0. The maximum absolute atomic E-state index is 12.4. The molecule has 6 heteroatoms. The molecule has 0 spiro atoms. The first-order chi connectivity index (χ1) is 12.2. The van der Waals surface area contributed by atoms with E-state index < -0.39 is 8.32 Å². The standard InChI is InChI=1S/C20H32ClNO3Si/c1-14(2)26(15(3)4,16(5)6)25-10-9-22-18-11-17(12-21)7-8-19(18)24-13-20(22)23/h7-8,11,14-16H,9-10,12-13H2,1-6H3. The fraction of sp³-hybridized carbons (Fsp3) is 0.650. The van der Waals surface area contributed by atoms with Crippen LogP contribution in [-0.2, 0) is 15.1 Å². The van der Waals surface area contributed by atoms with Gasteiger partial charge < -0.3 is 14.1 Å². The van der Waals surface area contributed by atoms with Gasteiger partial charge in [-0.2, -0.15) is 0 Å². The van der Waals surface area contributed by atoms with Crippen molar-refractivity contribution < 1.29 is 14.0 Å². The number of ether oxygens (including phenoxy) is 1. The molecule has 0 saturated heterocycles. The second-order valence-corrected chi connectivity index (χ2v) is 13.7. The van der Waals surface area contributed by atoms with Crippen molar-refractivity contribution in [3.8, 4) is 5.75 Å². The number of rotatable bonds is 8. The highest BCUT2D eigenvalue weighted by molar-refractivity contribution is 6.77. The number of carbonyl (C=O) groups excluding carboxylic acids is 1. The molecule has 1 heterocycles. The van der Waals surface area contributed by atoms with Gasteiger partial charge in [-0.1, -0.05) is 47.6 Å². The first kappa shape index (κ1) is 21.3. The first-order valence-corrected chi connectivity index (χ1v) is 12.2. The lowest BCUT2D eigenvalue weighted by Gasteiger charge is -2.42. The molecule has 0 aliphatic carbocycles.